The van der Waals surface area contributed by atoms with Crippen molar-refractivity contribution in [2.24, 2.45) is 0 Å². The molecule has 0 N–H and O–H groups in total. The number of sulfonamides is 1. The van der Waals surface area contributed by atoms with Gasteiger partial charge in [0.05, 0.1) is 4.90 Å². The molecule has 1 atom stereocenters. The van der Waals surface area contributed by atoms with Crippen LogP contribution in [-0.2, 0) is 24.3 Å². The standard InChI is InChI=1S/C21H30N2O5S/c1-4-6-7-21(25)28-16-20(24)22-12-14-23(15-13-22)29(26,27)19-10-8-18(9-11-19)17(3)5-2/h6-11,17H,4-5,12-16H2,1-3H3/b7-6+/t17-/m0/s1. The van der Waals surface area contributed by atoms with Gasteiger partial charge < -0.3 is 9.64 Å². The second kappa shape index (κ2) is 10.5. The quantitative estimate of drug-likeness (QED) is 0.475. The first kappa shape index (κ1) is 23.1. The van der Waals surface area contributed by atoms with E-state index in [1.807, 2.05) is 19.1 Å². The minimum Gasteiger partial charge on any atom is -0.452 e. The highest BCUT2D eigenvalue weighted by atomic mass is 32.2. The summed E-state index contributed by atoms with van der Waals surface area (Å²) in [4.78, 5) is 25.4. The zero-order valence-electron chi connectivity index (χ0n) is 17.3. The van der Waals surface area contributed by atoms with Crippen LogP contribution in [0, 0.1) is 0 Å². The Morgan fingerprint density at radius 1 is 1.10 bits per heavy atom. The fourth-order valence-corrected chi connectivity index (χ4v) is 4.44. The number of benzene rings is 1. The molecule has 1 aliphatic heterocycles. The van der Waals surface area contributed by atoms with Crippen LogP contribution in [0.2, 0.25) is 0 Å². The number of carbonyl (C=O) groups excluding carboxylic acids is 2. The van der Waals surface area contributed by atoms with Crippen molar-refractivity contribution in [1.82, 2.24) is 9.21 Å². The monoisotopic (exact) mass is 422 g/mol. The van der Waals surface area contributed by atoms with Gasteiger partial charge in [-0.25, -0.2) is 13.2 Å². The lowest BCUT2D eigenvalue weighted by atomic mass is 9.99. The molecule has 8 heteroatoms. The minimum atomic E-state index is -3.60. The average Bonchev–Trinajstić information content (AvgIpc) is 2.75. The number of allylic oxidation sites excluding steroid dienone is 1. The third kappa shape index (κ3) is 6.14. The van der Waals surface area contributed by atoms with E-state index in [0.29, 0.717) is 12.3 Å². The fourth-order valence-electron chi connectivity index (χ4n) is 3.02. The van der Waals surface area contributed by atoms with Crippen LogP contribution >= 0.6 is 0 Å². The number of amides is 1. The van der Waals surface area contributed by atoms with E-state index >= 15 is 0 Å². The van der Waals surface area contributed by atoms with Gasteiger partial charge in [-0.15, -0.1) is 0 Å². The maximum atomic E-state index is 12.9. The maximum absolute atomic E-state index is 12.9. The highest BCUT2D eigenvalue weighted by Crippen LogP contribution is 2.23. The Morgan fingerprint density at radius 2 is 1.72 bits per heavy atom. The van der Waals surface area contributed by atoms with Gasteiger partial charge in [0.25, 0.3) is 5.91 Å². The second-order valence-electron chi connectivity index (χ2n) is 7.08. The number of ether oxygens (including phenoxy) is 1. The highest BCUT2D eigenvalue weighted by molar-refractivity contribution is 7.89. The molecule has 29 heavy (non-hydrogen) atoms. The first-order chi connectivity index (χ1) is 13.8. The van der Waals surface area contributed by atoms with Crippen LogP contribution in [0.1, 0.15) is 45.1 Å². The molecule has 7 nitrogen and oxygen atoms in total. The highest BCUT2D eigenvalue weighted by Gasteiger charge is 2.30. The predicted octanol–water partition coefficient (Wildman–Crippen LogP) is 2.54. The Morgan fingerprint density at radius 3 is 2.28 bits per heavy atom. The van der Waals surface area contributed by atoms with Crippen molar-refractivity contribution in [3.05, 3.63) is 42.0 Å². The molecule has 1 heterocycles. The van der Waals surface area contributed by atoms with Crippen LogP contribution in [0.5, 0.6) is 0 Å². The van der Waals surface area contributed by atoms with Gasteiger partial charge in [0, 0.05) is 32.3 Å². The first-order valence-corrected chi connectivity index (χ1v) is 11.4. The van der Waals surface area contributed by atoms with Crippen molar-refractivity contribution < 1.29 is 22.7 Å². The largest absolute Gasteiger partial charge is 0.452 e. The van der Waals surface area contributed by atoms with Gasteiger partial charge in [-0.1, -0.05) is 39.0 Å². The topological polar surface area (TPSA) is 84.0 Å². The van der Waals surface area contributed by atoms with Crippen molar-refractivity contribution in [3.63, 3.8) is 0 Å². The number of nitrogens with zero attached hydrogens (tertiary/aromatic N) is 2. The molecule has 1 aliphatic rings. The summed E-state index contributed by atoms with van der Waals surface area (Å²) in [6, 6.07) is 7.03. The molecule has 2 rings (SSSR count). The van der Waals surface area contributed by atoms with E-state index in [1.54, 1.807) is 18.2 Å². The van der Waals surface area contributed by atoms with Gasteiger partial charge in [-0.3, -0.25) is 4.79 Å². The zero-order chi connectivity index (χ0) is 21.4. The minimum absolute atomic E-state index is 0.213. The van der Waals surface area contributed by atoms with Gasteiger partial charge in [0.15, 0.2) is 6.61 Å². The number of hydrogen-bond acceptors (Lipinski definition) is 5. The summed E-state index contributed by atoms with van der Waals surface area (Å²) in [5.74, 6) is -0.492. The third-order valence-corrected chi connectivity index (χ3v) is 7.03. The number of carbonyl (C=O) groups is 2. The molecule has 0 saturated carbocycles. The molecule has 0 aromatic heterocycles. The predicted molar refractivity (Wildman–Crippen MR) is 111 cm³/mol. The van der Waals surface area contributed by atoms with Gasteiger partial charge in [-0.05, 0) is 36.5 Å². The summed E-state index contributed by atoms with van der Waals surface area (Å²) in [7, 11) is -3.60. The summed E-state index contributed by atoms with van der Waals surface area (Å²) in [6.07, 6.45) is 4.66. The lowest BCUT2D eigenvalue weighted by molar-refractivity contribution is -0.148. The SMILES string of the molecule is CC/C=C/C(=O)OCC(=O)N1CCN(S(=O)(=O)c2ccc([C@@H](C)CC)cc2)CC1. The summed E-state index contributed by atoms with van der Waals surface area (Å²) in [6.45, 7) is 6.72. The van der Waals surface area contributed by atoms with E-state index in [1.165, 1.54) is 15.3 Å². The van der Waals surface area contributed by atoms with Crippen LogP contribution in [-0.4, -0.2) is 62.3 Å². The van der Waals surface area contributed by atoms with E-state index < -0.39 is 16.0 Å². The van der Waals surface area contributed by atoms with Crippen LogP contribution in [0.25, 0.3) is 0 Å². The van der Waals surface area contributed by atoms with Crippen LogP contribution < -0.4 is 0 Å². The zero-order valence-corrected chi connectivity index (χ0v) is 18.2. The van der Waals surface area contributed by atoms with E-state index in [-0.39, 0.29) is 43.6 Å². The Bertz CT molecular complexity index is 825. The molecule has 0 bridgehead atoms. The number of piperazine rings is 1. The van der Waals surface area contributed by atoms with Gasteiger partial charge in [0.1, 0.15) is 0 Å². The first-order valence-electron chi connectivity index (χ1n) is 10.0. The van der Waals surface area contributed by atoms with Crippen molar-refractivity contribution >= 4 is 21.9 Å². The summed E-state index contributed by atoms with van der Waals surface area (Å²) >= 11 is 0. The third-order valence-electron chi connectivity index (χ3n) is 5.12. The summed E-state index contributed by atoms with van der Waals surface area (Å²) in [5.41, 5.74) is 1.12. The van der Waals surface area contributed by atoms with Crippen molar-refractivity contribution in [3.8, 4) is 0 Å². The van der Waals surface area contributed by atoms with Crippen molar-refractivity contribution in [2.45, 2.75) is 44.4 Å². The van der Waals surface area contributed by atoms with Crippen molar-refractivity contribution in [2.75, 3.05) is 32.8 Å². The van der Waals surface area contributed by atoms with Crippen LogP contribution in [0.4, 0.5) is 0 Å². The van der Waals surface area contributed by atoms with E-state index in [9.17, 15) is 18.0 Å². The molecule has 1 aromatic rings. The van der Waals surface area contributed by atoms with E-state index in [4.69, 9.17) is 4.74 Å². The molecular weight excluding hydrogens is 392 g/mol. The van der Waals surface area contributed by atoms with Gasteiger partial charge in [0.2, 0.25) is 10.0 Å². The number of rotatable bonds is 8. The molecule has 1 amide bonds. The van der Waals surface area contributed by atoms with Gasteiger partial charge >= 0.3 is 5.97 Å². The van der Waals surface area contributed by atoms with Crippen LogP contribution in [0.3, 0.4) is 0 Å². The number of hydrogen-bond donors (Lipinski definition) is 0. The summed E-state index contributed by atoms with van der Waals surface area (Å²) < 4.78 is 32.1. The molecule has 0 aliphatic carbocycles. The molecule has 0 unspecified atom stereocenters. The lowest BCUT2D eigenvalue weighted by Gasteiger charge is -2.33. The smallest absolute Gasteiger partial charge is 0.330 e. The van der Waals surface area contributed by atoms with E-state index in [2.05, 4.69) is 13.8 Å². The molecular formula is C21H30N2O5S. The Hall–Kier alpha value is -2.19. The molecule has 1 saturated heterocycles. The maximum Gasteiger partial charge on any atom is 0.330 e. The second-order valence-corrected chi connectivity index (χ2v) is 9.02. The molecule has 0 spiro atoms. The number of esters is 1. The Balaban J connectivity index is 1.91. The average molecular weight is 423 g/mol. The lowest BCUT2D eigenvalue weighted by Crippen LogP contribution is -2.51. The molecule has 160 valence electrons. The van der Waals surface area contributed by atoms with Gasteiger partial charge in [-0.2, -0.15) is 4.31 Å². The molecule has 0 radical (unpaired) electrons. The Labute approximate surface area is 173 Å². The Kier molecular flexibility index (Phi) is 8.40. The molecule has 1 fully saturated rings. The summed E-state index contributed by atoms with van der Waals surface area (Å²) in [5, 5.41) is 0. The normalized spacial score (nSPS) is 16.7. The van der Waals surface area contributed by atoms with E-state index in [0.717, 1.165) is 12.0 Å². The van der Waals surface area contributed by atoms with Crippen molar-refractivity contribution in [1.29, 1.82) is 0 Å². The fraction of sp³-hybridized carbons (Fsp3) is 0.524. The molecule has 1 aromatic carbocycles. The van der Waals surface area contributed by atoms with Crippen LogP contribution in [0.15, 0.2) is 41.3 Å².